The number of hydrogen-bond acceptors (Lipinski definition) is 2. The molecule has 0 amide bonds. The zero-order chi connectivity index (χ0) is 12.6. The molecule has 1 N–H and O–H groups in total. The summed E-state index contributed by atoms with van der Waals surface area (Å²) in [4.78, 5) is 14.4. The third-order valence-corrected chi connectivity index (χ3v) is 3.77. The van der Waals surface area contributed by atoms with Crippen LogP contribution in [0.4, 0.5) is 0 Å². The number of pyridine rings is 1. The van der Waals surface area contributed by atoms with Crippen molar-refractivity contribution >= 4 is 0 Å². The predicted molar refractivity (Wildman–Crippen MR) is 66.7 cm³/mol. The quantitative estimate of drug-likeness (QED) is 0.744. The number of nitriles is 1. The van der Waals surface area contributed by atoms with Gasteiger partial charge in [-0.25, -0.2) is 0 Å². The Kier molecular flexibility index (Phi) is 2.82. The molecule has 17 heavy (non-hydrogen) atoms. The molecule has 0 saturated heterocycles. The maximum atomic E-state index is 11.5. The van der Waals surface area contributed by atoms with Gasteiger partial charge in [-0.1, -0.05) is 20.8 Å². The smallest absolute Gasteiger partial charge is 0.266 e. The Bertz CT molecular complexity index is 529. The molecule has 1 atom stereocenters. The van der Waals surface area contributed by atoms with Crippen LogP contribution < -0.4 is 5.56 Å². The van der Waals surface area contributed by atoms with Crippen LogP contribution in [0.25, 0.3) is 0 Å². The van der Waals surface area contributed by atoms with Gasteiger partial charge in [0.15, 0.2) is 0 Å². The fourth-order valence-electron chi connectivity index (χ4n) is 2.53. The van der Waals surface area contributed by atoms with E-state index in [9.17, 15) is 4.79 Å². The summed E-state index contributed by atoms with van der Waals surface area (Å²) >= 11 is 0. The first-order valence-electron chi connectivity index (χ1n) is 6.07. The number of rotatable bonds is 0. The molecule has 1 aromatic rings. The summed E-state index contributed by atoms with van der Waals surface area (Å²) in [7, 11) is 0. The lowest BCUT2D eigenvalue weighted by atomic mass is 9.71. The molecule has 0 aliphatic heterocycles. The van der Waals surface area contributed by atoms with Crippen LogP contribution in [-0.4, -0.2) is 4.98 Å². The number of nitrogens with one attached hydrogen (secondary N) is 1. The molecule has 3 nitrogen and oxygen atoms in total. The van der Waals surface area contributed by atoms with Crippen LogP contribution >= 0.6 is 0 Å². The van der Waals surface area contributed by atoms with E-state index in [2.05, 4.69) is 25.8 Å². The van der Waals surface area contributed by atoms with Gasteiger partial charge in [-0.15, -0.1) is 0 Å². The summed E-state index contributed by atoms with van der Waals surface area (Å²) in [6, 6.07) is 3.73. The zero-order valence-electron chi connectivity index (χ0n) is 10.6. The van der Waals surface area contributed by atoms with Gasteiger partial charge in [0.1, 0.15) is 11.6 Å². The van der Waals surface area contributed by atoms with Crippen molar-refractivity contribution in [1.29, 1.82) is 5.26 Å². The molecular weight excluding hydrogens is 212 g/mol. The largest absolute Gasteiger partial charge is 0.325 e. The van der Waals surface area contributed by atoms with Gasteiger partial charge in [0, 0.05) is 5.69 Å². The number of aromatic nitrogens is 1. The minimum absolute atomic E-state index is 0.235. The lowest BCUT2D eigenvalue weighted by Gasteiger charge is -2.34. The van der Waals surface area contributed by atoms with Crippen molar-refractivity contribution < 1.29 is 0 Å². The third kappa shape index (κ3) is 2.26. The normalized spacial score (nSPS) is 19.5. The highest BCUT2D eigenvalue weighted by Crippen LogP contribution is 2.36. The molecule has 0 aromatic carbocycles. The van der Waals surface area contributed by atoms with Crippen LogP contribution in [0.2, 0.25) is 0 Å². The van der Waals surface area contributed by atoms with E-state index in [1.165, 1.54) is 0 Å². The minimum atomic E-state index is -0.250. The van der Waals surface area contributed by atoms with Crippen molar-refractivity contribution in [1.82, 2.24) is 4.98 Å². The SMILES string of the molecule is CC(C)(C)C1CCc2[nH]c(=O)c(C#N)cc2C1. The summed E-state index contributed by atoms with van der Waals surface area (Å²) < 4.78 is 0. The van der Waals surface area contributed by atoms with Crippen LogP contribution in [0.15, 0.2) is 10.9 Å². The van der Waals surface area contributed by atoms with E-state index >= 15 is 0 Å². The van der Waals surface area contributed by atoms with Crippen LogP contribution in [0, 0.1) is 22.7 Å². The lowest BCUT2D eigenvalue weighted by Crippen LogP contribution is -2.29. The third-order valence-electron chi connectivity index (χ3n) is 3.77. The highest BCUT2D eigenvalue weighted by molar-refractivity contribution is 5.34. The number of aromatic amines is 1. The molecule has 1 aliphatic carbocycles. The zero-order valence-corrected chi connectivity index (χ0v) is 10.6. The van der Waals surface area contributed by atoms with Crippen molar-refractivity contribution in [2.75, 3.05) is 0 Å². The van der Waals surface area contributed by atoms with E-state index in [0.717, 1.165) is 30.5 Å². The molecule has 0 bridgehead atoms. The van der Waals surface area contributed by atoms with Crippen LogP contribution in [0.3, 0.4) is 0 Å². The molecule has 0 saturated carbocycles. The summed E-state index contributed by atoms with van der Waals surface area (Å²) in [6.45, 7) is 6.75. The predicted octanol–water partition coefficient (Wildman–Crippen LogP) is 2.40. The van der Waals surface area contributed by atoms with Gasteiger partial charge in [-0.2, -0.15) is 5.26 Å². The summed E-state index contributed by atoms with van der Waals surface area (Å²) in [5, 5.41) is 8.88. The fraction of sp³-hybridized carbons (Fsp3) is 0.571. The van der Waals surface area contributed by atoms with Crippen molar-refractivity contribution in [2.24, 2.45) is 11.3 Å². The van der Waals surface area contributed by atoms with Gasteiger partial charge < -0.3 is 4.98 Å². The molecule has 2 rings (SSSR count). The molecule has 1 aromatic heterocycles. The molecule has 0 spiro atoms. The van der Waals surface area contributed by atoms with Crippen molar-refractivity contribution in [2.45, 2.75) is 40.0 Å². The number of aryl methyl sites for hydroxylation is 1. The maximum absolute atomic E-state index is 11.5. The molecule has 1 unspecified atom stereocenters. The standard InChI is InChI=1S/C14H18N2O/c1-14(2,3)11-4-5-12-9(7-11)6-10(8-15)13(17)16-12/h6,11H,4-5,7H2,1-3H3,(H,16,17). The molecule has 3 heteroatoms. The summed E-state index contributed by atoms with van der Waals surface area (Å²) in [6.07, 6.45) is 2.99. The first kappa shape index (κ1) is 11.9. The average molecular weight is 230 g/mol. The Morgan fingerprint density at radius 1 is 1.47 bits per heavy atom. The molecule has 1 heterocycles. The summed E-state index contributed by atoms with van der Waals surface area (Å²) in [5.74, 6) is 0.618. The second-order valence-electron chi connectivity index (χ2n) is 5.93. The van der Waals surface area contributed by atoms with Gasteiger partial charge >= 0.3 is 0 Å². The molecule has 90 valence electrons. The monoisotopic (exact) mass is 230 g/mol. The molecule has 1 aliphatic rings. The Hall–Kier alpha value is -1.56. The second-order valence-corrected chi connectivity index (χ2v) is 5.93. The topological polar surface area (TPSA) is 56.6 Å². The number of nitrogens with zero attached hydrogens (tertiary/aromatic N) is 1. The van der Waals surface area contributed by atoms with E-state index in [1.54, 1.807) is 6.07 Å². The molecule has 0 radical (unpaired) electrons. The van der Waals surface area contributed by atoms with Gasteiger partial charge in [0.2, 0.25) is 0 Å². The van der Waals surface area contributed by atoms with Crippen LogP contribution in [0.5, 0.6) is 0 Å². The summed E-state index contributed by atoms with van der Waals surface area (Å²) in [5.41, 5.74) is 2.43. The van der Waals surface area contributed by atoms with E-state index < -0.39 is 0 Å². The van der Waals surface area contributed by atoms with Crippen molar-refractivity contribution in [3.63, 3.8) is 0 Å². The molecule has 0 fully saturated rings. The van der Waals surface area contributed by atoms with E-state index in [1.807, 2.05) is 6.07 Å². The Labute approximate surface area is 101 Å². The number of hydrogen-bond donors (Lipinski definition) is 1. The van der Waals surface area contributed by atoms with E-state index in [0.29, 0.717) is 5.92 Å². The van der Waals surface area contributed by atoms with Gasteiger partial charge in [-0.3, -0.25) is 4.79 Å². The van der Waals surface area contributed by atoms with Crippen molar-refractivity contribution in [3.05, 3.63) is 33.2 Å². The van der Waals surface area contributed by atoms with Crippen LogP contribution in [-0.2, 0) is 12.8 Å². The first-order valence-corrected chi connectivity index (χ1v) is 6.07. The number of fused-ring (bicyclic) bond motifs is 1. The van der Waals surface area contributed by atoms with Gasteiger partial charge in [0.25, 0.3) is 5.56 Å². The fourth-order valence-corrected chi connectivity index (χ4v) is 2.53. The Morgan fingerprint density at radius 2 is 2.18 bits per heavy atom. The lowest BCUT2D eigenvalue weighted by molar-refractivity contribution is 0.214. The van der Waals surface area contributed by atoms with Crippen molar-refractivity contribution in [3.8, 4) is 6.07 Å². The van der Waals surface area contributed by atoms with Crippen LogP contribution in [0.1, 0.15) is 44.0 Å². The average Bonchev–Trinajstić information content (AvgIpc) is 2.26. The minimum Gasteiger partial charge on any atom is -0.325 e. The maximum Gasteiger partial charge on any atom is 0.266 e. The van der Waals surface area contributed by atoms with Gasteiger partial charge in [-0.05, 0) is 42.2 Å². The van der Waals surface area contributed by atoms with E-state index in [-0.39, 0.29) is 16.5 Å². The number of H-pyrrole nitrogens is 1. The highest BCUT2D eigenvalue weighted by Gasteiger charge is 2.29. The Morgan fingerprint density at radius 3 is 2.76 bits per heavy atom. The molecular formula is C14H18N2O. The Balaban J connectivity index is 2.39. The highest BCUT2D eigenvalue weighted by atomic mass is 16.1. The second kappa shape index (κ2) is 4.03. The van der Waals surface area contributed by atoms with E-state index in [4.69, 9.17) is 5.26 Å². The first-order chi connectivity index (χ1) is 7.91. The van der Waals surface area contributed by atoms with Gasteiger partial charge in [0.05, 0.1) is 0 Å².